The van der Waals surface area contributed by atoms with Crippen molar-refractivity contribution in [1.29, 1.82) is 0 Å². The molecule has 2 N–H and O–H groups in total. The van der Waals surface area contributed by atoms with E-state index in [-0.39, 0.29) is 12.2 Å². The summed E-state index contributed by atoms with van der Waals surface area (Å²) in [6.07, 6.45) is -2.18. The third-order valence-electron chi connectivity index (χ3n) is 3.36. The van der Waals surface area contributed by atoms with Crippen LogP contribution in [0.25, 0.3) is 0 Å². The summed E-state index contributed by atoms with van der Waals surface area (Å²) in [5, 5.41) is 19.4. The zero-order valence-electron chi connectivity index (χ0n) is 9.25. The van der Waals surface area contributed by atoms with E-state index in [4.69, 9.17) is 18.9 Å². The number of fused-ring (bicyclic) bond motifs is 4. The lowest BCUT2D eigenvalue weighted by molar-refractivity contribution is -0.291. The molecular formula is C10H16O6. The summed E-state index contributed by atoms with van der Waals surface area (Å²) in [5.41, 5.74) is 0. The molecule has 3 aliphatic rings. The maximum Gasteiger partial charge on any atom is 0.221 e. The van der Waals surface area contributed by atoms with E-state index in [9.17, 15) is 10.2 Å². The summed E-state index contributed by atoms with van der Waals surface area (Å²) >= 11 is 0. The molecule has 0 amide bonds. The Kier molecular flexibility index (Phi) is 2.15. The molecule has 0 spiro atoms. The van der Waals surface area contributed by atoms with Crippen LogP contribution in [0.2, 0.25) is 0 Å². The molecule has 5 atom stereocenters. The second-order valence-corrected chi connectivity index (χ2v) is 4.95. The van der Waals surface area contributed by atoms with Crippen molar-refractivity contribution in [3.05, 3.63) is 0 Å². The van der Waals surface area contributed by atoms with Gasteiger partial charge in [0.05, 0.1) is 6.61 Å². The standard InChI is InChI=1S/C10H16O6/c1-9(2)15-6-5-3-13-10(4-11,14-5)8(12)7(6)16-9/h5-8,11-12H,3-4H2,1-2H3/t5-,6-,7-,8+,10-/m1/s1. The molecule has 0 aliphatic carbocycles. The van der Waals surface area contributed by atoms with Crippen LogP contribution < -0.4 is 0 Å². The minimum absolute atomic E-state index is 0.290. The number of rotatable bonds is 1. The van der Waals surface area contributed by atoms with Gasteiger partial charge in [-0.05, 0) is 13.8 Å². The minimum atomic E-state index is -1.34. The fourth-order valence-electron chi connectivity index (χ4n) is 2.64. The summed E-state index contributed by atoms with van der Waals surface area (Å²) in [6.45, 7) is 3.49. The van der Waals surface area contributed by atoms with E-state index < -0.39 is 30.4 Å². The highest BCUT2D eigenvalue weighted by atomic mass is 16.8. The number of ether oxygens (including phenoxy) is 4. The summed E-state index contributed by atoms with van der Waals surface area (Å²) in [4.78, 5) is 0. The van der Waals surface area contributed by atoms with E-state index in [1.54, 1.807) is 13.8 Å². The average molecular weight is 232 g/mol. The Morgan fingerprint density at radius 3 is 2.56 bits per heavy atom. The first-order chi connectivity index (χ1) is 7.47. The predicted molar refractivity (Wildman–Crippen MR) is 50.5 cm³/mol. The highest BCUT2D eigenvalue weighted by Gasteiger charge is 2.64. The minimum Gasteiger partial charge on any atom is -0.391 e. The molecule has 3 aliphatic heterocycles. The third kappa shape index (κ3) is 1.28. The van der Waals surface area contributed by atoms with E-state index in [1.807, 2.05) is 0 Å². The molecule has 0 aromatic heterocycles. The maximum atomic E-state index is 10.1. The Morgan fingerprint density at radius 2 is 1.88 bits per heavy atom. The predicted octanol–water partition coefficient (Wildman–Crippen LogP) is -1.02. The van der Waals surface area contributed by atoms with E-state index in [1.165, 1.54) is 0 Å². The van der Waals surface area contributed by atoms with E-state index in [2.05, 4.69) is 0 Å². The lowest BCUT2D eigenvalue weighted by Crippen LogP contribution is -2.61. The molecule has 3 saturated heterocycles. The second kappa shape index (κ2) is 3.16. The van der Waals surface area contributed by atoms with Gasteiger partial charge in [-0.25, -0.2) is 0 Å². The van der Waals surface area contributed by atoms with Crippen molar-refractivity contribution < 1.29 is 29.2 Å². The molecule has 3 rings (SSSR count). The molecule has 3 heterocycles. The molecule has 92 valence electrons. The highest BCUT2D eigenvalue weighted by Crippen LogP contribution is 2.45. The van der Waals surface area contributed by atoms with Crippen LogP contribution in [0.1, 0.15) is 13.8 Å². The molecule has 2 bridgehead atoms. The van der Waals surface area contributed by atoms with Crippen LogP contribution in [0, 0.1) is 0 Å². The molecule has 3 fully saturated rings. The van der Waals surface area contributed by atoms with Crippen molar-refractivity contribution in [2.75, 3.05) is 13.2 Å². The Balaban J connectivity index is 1.92. The molecule has 6 nitrogen and oxygen atoms in total. The fourth-order valence-corrected chi connectivity index (χ4v) is 2.64. The Morgan fingerprint density at radius 1 is 1.19 bits per heavy atom. The monoisotopic (exact) mass is 232 g/mol. The second-order valence-electron chi connectivity index (χ2n) is 4.95. The summed E-state index contributed by atoms with van der Waals surface area (Å²) in [6, 6.07) is 0. The van der Waals surface area contributed by atoms with Crippen molar-refractivity contribution in [2.24, 2.45) is 0 Å². The zero-order valence-corrected chi connectivity index (χ0v) is 9.25. The lowest BCUT2D eigenvalue weighted by atomic mass is 9.95. The molecular weight excluding hydrogens is 216 g/mol. The zero-order chi connectivity index (χ0) is 11.6. The van der Waals surface area contributed by atoms with Crippen molar-refractivity contribution in [1.82, 2.24) is 0 Å². The highest BCUT2D eigenvalue weighted by molar-refractivity contribution is 5.05. The van der Waals surface area contributed by atoms with E-state index >= 15 is 0 Å². The normalized spacial score (nSPS) is 54.0. The van der Waals surface area contributed by atoms with Gasteiger partial charge in [0.2, 0.25) is 5.79 Å². The fraction of sp³-hybridized carbons (Fsp3) is 1.00. The van der Waals surface area contributed by atoms with Gasteiger partial charge < -0.3 is 29.2 Å². The third-order valence-corrected chi connectivity index (χ3v) is 3.36. The van der Waals surface area contributed by atoms with Gasteiger partial charge in [0.15, 0.2) is 5.79 Å². The van der Waals surface area contributed by atoms with E-state index in [0.717, 1.165) is 0 Å². The summed E-state index contributed by atoms with van der Waals surface area (Å²) < 4.78 is 22.2. The van der Waals surface area contributed by atoms with Crippen LogP contribution in [0.3, 0.4) is 0 Å². The van der Waals surface area contributed by atoms with Crippen molar-refractivity contribution >= 4 is 0 Å². The number of hydrogen-bond donors (Lipinski definition) is 2. The van der Waals surface area contributed by atoms with Crippen LogP contribution in [-0.2, 0) is 18.9 Å². The van der Waals surface area contributed by atoms with Gasteiger partial charge in [-0.2, -0.15) is 0 Å². The number of aliphatic hydroxyl groups excluding tert-OH is 2. The first-order valence-corrected chi connectivity index (χ1v) is 5.44. The molecule has 6 heteroatoms. The SMILES string of the molecule is CC1(C)O[C@@H]2[C@H](O1)[C@H]1CO[C@](CO)(O1)[C@H]2O. The smallest absolute Gasteiger partial charge is 0.221 e. The van der Waals surface area contributed by atoms with Gasteiger partial charge >= 0.3 is 0 Å². The number of hydrogen-bond acceptors (Lipinski definition) is 6. The Labute approximate surface area is 93.0 Å². The first-order valence-electron chi connectivity index (χ1n) is 5.44. The first kappa shape index (κ1) is 10.9. The topological polar surface area (TPSA) is 77.4 Å². The van der Waals surface area contributed by atoms with Crippen LogP contribution in [0.4, 0.5) is 0 Å². The van der Waals surface area contributed by atoms with Crippen LogP contribution >= 0.6 is 0 Å². The van der Waals surface area contributed by atoms with Gasteiger partial charge in [0.25, 0.3) is 0 Å². The van der Waals surface area contributed by atoms with Crippen molar-refractivity contribution in [3.8, 4) is 0 Å². The molecule has 0 aromatic rings. The molecule has 0 radical (unpaired) electrons. The summed E-state index contributed by atoms with van der Waals surface area (Å²) in [7, 11) is 0. The maximum absolute atomic E-state index is 10.1. The Hall–Kier alpha value is -0.240. The van der Waals surface area contributed by atoms with Gasteiger partial charge in [-0.15, -0.1) is 0 Å². The largest absolute Gasteiger partial charge is 0.391 e. The number of aliphatic hydroxyl groups is 2. The molecule has 0 saturated carbocycles. The van der Waals surface area contributed by atoms with Gasteiger partial charge in [-0.1, -0.05) is 0 Å². The molecule has 16 heavy (non-hydrogen) atoms. The van der Waals surface area contributed by atoms with Crippen LogP contribution in [0.15, 0.2) is 0 Å². The van der Waals surface area contributed by atoms with E-state index in [0.29, 0.717) is 6.61 Å². The van der Waals surface area contributed by atoms with Crippen LogP contribution in [-0.4, -0.2) is 59.4 Å². The van der Waals surface area contributed by atoms with Gasteiger partial charge in [0, 0.05) is 0 Å². The Bertz CT molecular complexity index is 306. The lowest BCUT2D eigenvalue weighted by Gasteiger charge is -2.39. The quantitative estimate of drug-likeness (QED) is 0.603. The average Bonchev–Trinajstić information content (AvgIpc) is 2.76. The van der Waals surface area contributed by atoms with Gasteiger partial charge in [-0.3, -0.25) is 0 Å². The van der Waals surface area contributed by atoms with Crippen LogP contribution in [0.5, 0.6) is 0 Å². The van der Waals surface area contributed by atoms with Crippen molar-refractivity contribution in [2.45, 2.75) is 49.8 Å². The summed E-state index contributed by atoms with van der Waals surface area (Å²) in [5.74, 6) is -2.07. The molecule has 0 aromatic carbocycles. The molecule has 0 unspecified atom stereocenters. The van der Waals surface area contributed by atoms with Crippen molar-refractivity contribution in [3.63, 3.8) is 0 Å². The van der Waals surface area contributed by atoms with Gasteiger partial charge in [0.1, 0.15) is 31.0 Å².